The fourth-order valence-corrected chi connectivity index (χ4v) is 1.73. The molecule has 1 atom stereocenters. The van der Waals surface area contributed by atoms with Gasteiger partial charge in [-0.3, -0.25) is 0 Å². The van der Waals surface area contributed by atoms with Gasteiger partial charge in [-0.15, -0.1) is 0 Å². The summed E-state index contributed by atoms with van der Waals surface area (Å²) in [6.07, 6.45) is -4.02. The molecule has 1 aliphatic rings. The van der Waals surface area contributed by atoms with Gasteiger partial charge < -0.3 is 5.11 Å². The number of benzene rings is 1. The van der Waals surface area contributed by atoms with Gasteiger partial charge in [-0.05, 0) is 37.1 Å². The van der Waals surface area contributed by atoms with Crippen molar-refractivity contribution in [3.05, 3.63) is 34.9 Å². The molecule has 1 fully saturated rings. The Balaban J connectivity index is 2.28. The molecule has 0 radical (unpaired) electrons. The average Bonchev–Trinajstić information content (AvgIpc) is 3.10. The number of halogens is 4. The molecular formula is C13H10ClF3O. The molecular weight excluding hydrogens is 265 g/mol. The minimum Gasteiger partial charge on any atom is -0.369 e. The zero-order valence-corrected chi connectivity index (χ0v) is 10.0. The van der Waals surface area contributed by atoms with Crippen molar-refractivity contribution in [2.24, 2.45) is 5.92 Å². The SMILES string of the molecule is OC(C#Cc1ccc(Cl)cc1)(C1CC1)C(F)(F)F. The monoisotopic (exact) mass is 274 g/mol. The van der Waals surface area contributed by atoms with Crippen molar-refractivity contribution in [3.63, 3.8) is 0 Å². The van der Waals surface area contributed by atoms with Crippen LogP contribution in [-0.4, -0.2) is 16.9 Å². The lowest BCUT2D eigenvalue weighted by Crippen LogP contribution is -2.46. The molecule has 1 saturated carbocycles. The van der Waals surface area contributed by atoms with Gasteiger partial charge in [0.1, 0.15) is 0 Å². The lowest BCUT2D eigenvalue weighted by molar-refractivity contribution is -0.242. The second-order valence-corrected chi connectivity index (χ2v) is 4.73. The predicted molar refractivity (Wildman–Crippen MR) is 62.1 cm³/mol. The summed E-state index contributed by atoms with van der Waals surface area (Å²) in [5.41, 5.74) is -2.50. The standard InChI is InChI=1S/C13H10ClF3O/c14-11-5-1-9(2-6-11)7-8-12(18,10-3-4-10)13(15,16)17/h1-2,5-6,10,18H,3-4H2. The van der Waals surface area contributed by atoms with Crippen molar-refractivity contribution in [2.45, 2.75) is 24.6 Å². The Hall–Kier alpha value is -1.18. The lowest BCUT2D eigenvalue weighted by Gasteiger charge is -2.24. The molecule has 0 heterocycles. The molecule has 0 aliphatic heterocycles. The number of aliphatic hydroxyl groups is 1. The van der Waals surface area contributed by atoms with Gasteiger partial charge in [-0.2, -0.15) is 13.2 Å². The van der Waals surface area contributed by atoms with E-state index < -0.39 is 17.7 Å². The smallest absolute Gasteiger partial charge is 0.369 e. The van der Waals surface area contributed by atoms with E-state index in [4.69, 9.17) is 11.6 Å². The molecule has 1 aliphatic carbocycles. The fourth-order valence-electron chi connectivity index (χ4n) is 1.61. The minimum atomic E-state index is -4.73. The number of rotatable bonds is 1. The first-order valence-electron chi connectivity index (χ1n) is 5.41. The Morgan fingerprint density at radius 2 is 1.72 bits per heavy atom. The molecule has 1 aromatic rings. The van der Waals surface area contributed by atoms with E-state index in [9.17, 15) is 18.3 Å². The molecule has 2 rings (SSSR count). The van der Waals surface area contributed by atoms with E-state index in [-0.39, 0.29) is 0 Å². The number of alkyl halides is 3. The van der Waals surface area contributed by atoms with Crippen LogP contribution in [0.1, 0.15) is 18.4 Å². The molecule has 0 bridgehead atoms. The van der Waals surface area contributed by atoms with Crippen molar-refractivity contribution in [2.75, 3.05) is 0 Å². The largest absolute Gasteiger partial charge is 0.428 e. The zero-order valence-electron chi connectivity index (χ0n) is 9.26. The summed E-state index contributed by atoms with van der Waals surface area (Å²) >= 11 is 5.66. The van der Waals surface area contributed by atoms with Crippen LogP contribution in [-0.2, 0) is 0 Å². The molecule has 1 unspecified atom stereocenters. The van der Waals surface area contributed by atoms with Gasteiger partial charge in [0.05, 0.1) is 0 Å². The third kappa shape index (κ3) is 2.63. The van der Waals surface area contributed by atoms with E-state index in [0.29, 0.717) is 23.4 Å². The van der Waals surface area contributed by atoms with E-state index in [1.54, 1.807) is 0 Å². The van der Waals surface area contributed by atoms with Crippen LogP contribution < -0.4 is 0 Å². The normalized spacial score (nSPS) is 18.7. The second kappa shape index (κ2) is 4.49. The molecule has 0 spiro atoms. The Morgan fingerprint density at radius 3 is 2.17 bits per heavy atom. The quantitative estimate of drug-likeness (QED) is 0.778. The van der Waals surface area contributed by atoms with Crippen LogP contribution in [0.15, 0.2) is 24.3 Å². The minimum absolute atomic E-state index is 0.352. The maximum Gasteiger partial charge on any atom is 0.428 e. The maximum atomic E-state index is 12.8. The summed E-state index contributed by atoms with van der Waals surface area (Å²) < 4.78 is 38.4. The summed E-state index contributed by atoms with van der Waals surface area (Å²) in [5.74, 6) is 3.52. The van der Waals surface area contributed by atoms with Gasteiger partial charge in [-0.1, -0.05) is 23.4 Å². The number of hydrogen-bond donors (Lipinski definition) is 1. The predicted octanol–water partition coefficient (Wildman–Crippen LogP) is 3.39. The Kier molecular flexibility index (Phi) is 3.31. The van der Waals surface area contributed by atoms with Gasteiger partial charge in [-0.25, -0.2) is 0 Å². The molecule has 1 nitrogen and oxygen atoms in total. The second-order valence-electron chi connectivity index (χ2n) is 4.30. The third-order valence-electron chi connectivity index (χ3n) is 2.84. The van der Waals surface area contributed by atoms with E-state index in [1.165, 1.54) is 24.3 Å². The Bertz CT molecular complexity index is 494. The third-order valence-corrected chi connectivity index (χ3v) is 3.09. The molecule has 96 valence electrons. The molecule has 1 aromatic carbocycles. The first-order valence-corrected chi connectivity index (χ1v) is 5.78. The molecule has 0 amide bonds. The fraction of sp³-hybridized carbons (Fsp3) is 0.385. The van der Waals surface area contributed by atoms with Crippen LogP contribution in [0.5, 0.6) is 0 Å². The zero-order chi connectivity index (χ0) is 13.4. The topological polar surface area (TPSA) is 20.2 Å². The number of hydrogen-bond acceptors (Lipinski definition) is 1. The van der Waals surface area contributed by atoms with Crippen molar-refractivity contribution in [1.82, 2.24) is 0 Å². The van der Waals surface area contributed by atoms with E-state index in [0.717, 1.165) is 0 Å². The van der Waals surface area contributed by atoms with Crippen LogP contribution in [0.2, 0.25) is 5.02 Å². The van der Waals surface area contributed by atoms with Crippen LogP contribution in [0.25, 0.3) is 0 Å². The van der Waals surface area contributed by atoms with Crippen molar-refractivity contribution in [1.29, 1.82) is 0 Å². The molecule has 18 heavy (non-hydrogen) atoms. The molecule has 0 aromatic heterocycles. The van der Waals surface area contributed by atoms with Crippen LogP contribution in [0.3, 0.4) is 0 Å². The lowest BCUT2D eigenvalue weighted by atomic mass is 9.97. The van der Waals surface area contributed by atoms with Crippen LogP contribution in [0.4, 0.5) is 13.2 Å². The van der Waals surface area contributed by atoms with Crippen molar-refractivity contribution >= 4 is 11.6 Å². The highest BCUT2D eigenvalue weighted by Crippen LogP contribution is 2.47. The van der Waals surface area contributed by atoms with Gasteiger partial charge in [0, 0.05) is 16.5 Å². The molecule has 1 N–H and O–H groups in total. The Morgan fingerprint density at radius 1 is 1.17 bits per heavy atom. The van der Waals surface area contributed by atoms with E-state index >= 15 is 0 Å². The molecule has 5 heteroatoms. The summed E-state index contributed by atoms with van der Waals surface area (Å²) in [7, 11) is 0. The Labute approximate surface area is 108 Å². The van der Waals surface area contributed by atoms with E-state index in [2.05, 4.69) is 5.92 Å². The van der Waals surface area contributed by atoms with Crippen molar-refractivity contribution < 1.29 is 18.3 Å². The van der Waals surface area contributed by atoms with Crippen LogP contribution >= 0.6 is 11.6 Å². The highest BCUT2D eigenvalue weighted by molar-refractivity contribution is 6.30. The molecule has 0 saturated heterocycles. The van der Waals surface area contributed by atoms with Crippen LogP contribution in [0, 0.1) is 17.8 Å². The van der Waals surface area contributed by atoms with E-state index in [1.807, 2.05) is 5.92 Å². The maximum absolute atomic E-state index is 12.8. The average molecular weight is 275 g/mol. The van der Waals surface area contributed by atoms with Gasteiger partial charge in [0.15, 0.2) is 0 Å². The highest BCUT2D eigenvalue weighted by Gasteiger charge is 2.61. The summed E-state index contributed by atoms with van der Waals surface area (Å²) in [4.78, 5) is 0. The highest BCUT2D eigenvalue weighted by atomic mass is 35.5. The van der Waals surface area contributed by atoms with Gasteiger partial charge in [0.25, 0.3) is 0 Å². The van der Waals surface area contributed by atoms with Gasteiger partial charge in [0.2, 0.25) is 5.60 Å². The van der Waals surface area contributed by atoms with Crippen molar-refractivity contribution in [3.8, 4) is 11.8 Å². The first-order chi connectivity index (χ1) is 8.33. The van der Waals surface area contributed by atoms with Gasteiger partial charge >= 0.3 is 6.18 Å². The summed E-state index contributed by atoms with van der Waals surface area (Å²) in [6.45, 7) is 0. The first kappa shape index (κ1) is 13.3. The summed E-state index contributed by atoms with van der Waals surface area (Å²) in [5, 5.41) is 10.2. The summed E-state index contributed by atoms with van der Waals surface area (Å²) in [6, 6.07) is 6.10.